The van der Waals surface area contributed by atoms with Crippen molar-refractivity contribution >= 4 is 28.8 Å². The average molecular weight is 397 g/mol. The van der Waals surface area contributed by atoms with Crippen molar-refractivity contribution in [1.82, 2.24) is 9.88 Å². The third-order valence-corrected chi connectivity index (χ3v) is 5.51. The first kappa shape index (κ1) is 19.7. The second kappa shape index (κ2) is 8.31. The van der Waals surface area contributed by atoms with Crippen LogP contribution in [0.3, 0.4) is 0 Å². The van der Waals surface area contributed by atoms with Crippen LogP contribution in [-0.4, -0.2) is 28.7 Å². The smallest absolute Gasteiger partial charge is 0.267 e. The number of nitrogens with zero attached hydrogens (tertiary/aromatic N) is 2. The number of anilines is 1. The van der Waals surface area contributed by atoms with Crippen LogP contribution in [0.15, 0.2) is 48.5 Å². The maximum Gasteiger partial charge on any atom is 0.267 e. The van der Waals surface area contributed by atoms with Gasteiger partial charge in [0.15, 0.2) is 0 Å². The summed E-state index contributed by atoms with van der Waals surface area (Å²) >= 11 is 1.26. The zero-order valence-corrected chi connectivity index (χ0v) is 16.6. The Morgan fingerprint density at radius 2 is 1.82 bits per heavy atom. The lowest BCUT2D eigenvalue weighted by molar-refractivity contribution is -0.128. The van der Waals surface area contributed by atoms with Crippen LogP contribution in [0.1, 0.15) is 27.9 Å². The van der Waals surface area contributed by atoms with Crippen molar-refractivity contribution in [1.29, 1.82) is 0 Å². The molecule has 7 heteroatoms. The molecule has 3 aromatic rings. The third kappa shape index (κ3) is 4.43. The molecule has 3 rings (SSSR count). The fraction of sp³-hybridized carbons (Fsp3) is 0.190. The molecule has 0 spiro atoms. The molecule has 1 aromatic heterocycles. The normalized spacial score (nSPS) is 10.6. The number of halogens is 1. The molecule has 1 heterocycles. The Morgan fingerprint density at radius 1 is 1.14 bits per heavy atom. The summed E-state index contributed by atoms with van der Waals surface area (Å²) in [6.45, 7) is 3.67. The summed E-state index contributed by atoms with van der Waals surface area (Å²) < 4.78 is 13.1. The summed E-state index contributed by atoms with van der Waals surface area (Å²) in [6.07, 6.45) is 0. The van der Waals surface area contributed by atoms with Crippen LogP contribution in [0, 0.1) is 12.7 Å². The van der Waals surface area contributed by atoms with Gasteiger partial charge in [-0.25, -0.2) is 9.37 Å². The van der Waals surface area contributed by atoms with Crippen molar-refractivity contribution in [2.45, 2.75) is 20.4 Å². The van der Waals surface area contributed by atoms with Crippen LogP contribution in [0.25, 0.3) is 10.6 Å². The second-order valence-corrected chi connectivity index (χ2v) is 7.43. The van der Waals surface area contributed by atoms with Crippen LogP contribution in [-0.2, 0) is 11.3 Å². The van der Waals surface area contributed by atoms with Crippen molar-refractivity contribution in [2.24, 2.45) is 0 Å². The highest BCUT2D eigenvalue weighted by Gasteiger charge is 2.18. The van der Waals surface area contributed by atoms with Gasteiger partial charge in [-0.05, 0) is 42.8 Å². The second-order valence-electron chi connectivity index (χ2n) is 6.43. The van der Waals surface area contributed by atoms with E-state index >= 15 is 0 Å². The van der Waals surface area contributed by atoms with E-state index in [0.29, 0.717) is 27.8 Å². The number of carbonyl (C=O) groups is 2. The molecule has 2 aromatic carbocycles. The minimum Gasteiger partial charge on any atom is -0.342 e. The van der Waals surface area contributed by atoms with Crippen LogP contribution in [0.2, 0.25) is 0 Å². The van der Waals surface area contributed by atoms with Crippen LogP contribution in [0.5, 0.6) is 0 Å². The summed E-state index contributed by atoms with van der Waals surface area (Å²) in [5.74, 6) is -0.633. The predicted octanol–water partition coefficient (Wildman–Crippen LogP) is 4.49. The zero-order valence-electron chi connectivity index (χ0n) is 15.8. The highest BCUT2D eigenvalue weighted by molar-refractivity contribution is 7.17. The quantitative estimate of drug-likeness (QED) is 0.690. The highest BCUT2D eigenvalue weighted by Crippen LogP contribution is 2.29. The number of hydrogen-bond donors (Lipinski definition) is 1. The number of para-hydroxylation sites is 1. The van der Waals surface area contributed by atoms with E-state index in [1.807, 2.05) is 18.2 Å². The van der Waals surface area contributed by atoms with Gasteiger partial charge in [0.1, 0.15) is 15.7 Å². The Kier molecular flexibility index (Phi) is 5.84. The molecule has 0 saturated carbocycles. The largest absolute Gasteiger partial charge is 0.342 e. The van der Waals surface area contributed by atoms with E-state index in [1.165, 1.54) is 30.4 Å². The Hall–Kier alpha value is -3.06. The molecule has 144 valence electrons. The topological polar surface area (TPSA) is 62.3 Å². The summed E-state index contributed by atoms with van der Waals surface area (Å²) in [7, 11) is 1.71. The molecule has 5 nitrogen and oxygen atoms in total. The van der Waals surface area contributed by atoms with E-state index in [0.717, 1.165) is 11.1 Å². The van der Waals surface area contributed by atoms with Gasteiger partial charge >= 0.3 is 0 Å². The number of amides is 2. The van der Waals surface area contributed by atoms with Gasteiger partial charge in [0.05, 0.1) is 5.69 Å². The number of aryl methyl sites for hydroxylation is 1. The number of rotatable bonds is 5. The molecule has 0 unspecified atom stereocenters. The molecular weight excluding hydrogens is 377 g/mol. The van der Waals surface area contributed by atoms with Gasteiger partial charge in [-0.3, -0.25) is 9.59 Å². The van der Waals surface area contributed by atoms with Gasteiger partial charge in [-0.2, -0.15) is 0 Å². The first-order valence-electron chi connectivity index (χ1n) is 8.69. The number of carbonyl (C=O) groups excluding carboxylic acids is 2. The number of thiazole rings is 1. The lowest BCUT2D eigenvalue weighted by Crippen LogP contribution is -2.24. The van der Waals surface area contributed by atoms with E-state index in [-0.39, 0.29) is 17.6 Å². The third-order valence-electron chi connectivity index (χ3n) is 4.30. The first-order valence-corrected chi connectivity index (χ1v) is 9.51. The highest BCUT2D eigenvalue weighted by atomic mass is 32.1. The Balaban J connectivity index is 1.82. The Morgan fingerprint density at radius 3 is 2.50 bits per heavy atom. The van der Waals surface area contributed by atoms with Crippen LogP contribution < -0.4 is 5.32 Å². The molecule has 0 bridgehead atoms. The SMILES string of the molecule is CC(=O)N(C)Cc1ccccc1NC(=O)c1sc(-c2ccc(F)cc2)nc1C. The van der Waals surface area contributed by atoms with Gasteiger partial charge in [0, 0.05) is 31.8 Å². The molecule has 0 aliphatic heterocycles. The minimum absolute atomic E-state index is 0.0524. The van der Waals surface area contributed by atoms with Crippen LogP contribution in [0.4, 0.5) is 10.1 Å². The summed E-state index contributed by atoms with van der Waals surface area (Å²) in [5, 5.41) is 3.58. The standard InChI is InChI=1S/C21H20FN3O2S/c1-13-19(28-21(23-13)15-8-10-17(22)11-9-15)20(27)24-18-7-5-4-6-16(18)12-25(3)14(2)26/h4-11H,12H2,1-3H3,(H,24,27). The molecule has 0 radical (unpaired) electrons. The molecule has 0 aliphatic rings. The van der Waals surface area contributed by atoms with Crippen molar-refractivity contribution in [3.63, 3.8) is 0 Å². The fourth-order valence-corrected chi connectivity index (χ4v) is 3.62. The zero-order chi connectivity index (χ0) is 20.3. The number of benzene rings is 2. The van der Waals surface area contributed by atoms with Crippen molar-refractivity contribution in [3.05, 3.63) is 70.5 Å². The summed E-state index contributed by atoms with van der Waals surface area (Å²) in [4.78, 5) is 30.9. The van der Waals surface area contributed by atoms with Crippen molar-refractivity contribution in [3.8, 4) is 10.6 Å². The summed E-state index contributed by atoms with van der Waals surface area (Å²) in [5.41, 5.74) is 2.86. The molecule has 2 amide bonds. The maximum absolute atomic E-state index is 13.1. The van der Waals surface area contributed by atoms with Gasteiger partial charge in [0.2, 0.25) is 5.91 Å². The average Bonchev–Trinajstić information content (AvgIpc) is 3.05. The predicted molar refractivity (Wildman–Crippen MR) is 109 cm³/mol. The van der Waals surface area contributed by atoms with Gasteiger partial charge in [-0.1, -0.05) is 18.2 Å². The Bertz CT molecular complexity index is 1010. The summed E-state index contributed by atoms with van der Waals surface area (Å²) in [6, 6.07) is 13.4. The van der Waals surface area contributed by atoms with E-state index in [9.17, 15) is 14.0 Å². The number of aromatic nitrogens is 1. The fourth-order valence-electron chi connectivity index (χ4n) is 2.65. The Labute approximate surface area is 166 Å². The van der Waals surface area contributed by atoms with Crippen LogP contribution >= 0.6 is 11.3 Å². The van der Waals surface area contributed by atoms with E-state index in [4.69, 9.17) is 0 Å². The number of nitrogens with one attached hydrogen (secondary N) is 1. The van der Waals surface area contributed by atoms with Gasteiger partial charge in [0.25, 0.3) is 5.91 Å². The lowest BCUT2D eigenvalue weighted by atomic mass is 10.1. The molecular formula is C21H20FN3O2S. The molecule has 0 saturated heterocycles. The van der Waals surface area contributed by atoms with Crippen molar-refractivity contribution < 1.29 is 14.0 Å². The maximum atomic E-state index is 13.1. The molecule has 0 atom stereocenters. The molecule has 1 N–H and O–H groups in total. The first-order chi connectivity index (χ1) is 13.3. The molecule has 0 aliphatic carbocycles. The minimum atomic E-state index is -0.317. The van der Waals surface area contributed by atoms with E-state index in [1.54, 1.807) is 37.1 Å². The lowest BCUT2D eigenvalue weighted by Gasteiger charge is -2.17. The van der Waals surface area contributed by atoms with E-state index < -0.39 is 0 Å². The van der Waals surface area contributed by atoms with Gasteiger partial charge in [-0.15, -0.1) is 11.3 Å². The molecule has 0 fully saturated rings. The monoisotopic (exact) mass is 397 g/mol. The number of hydrogen-bond acceptors (Lipinski definition) is 4. The van der Waals surface area contributed by atoms with Gasteiger partial charge < -0.3 is 10.2 Å². The van der Waals surface area contributed by atoms with Crippen molar-refractivity contribution in [2.75, 3.05) is 12.4 Å². The van der Waals surface area contributed by atoms with E-state index in [2.05, 4.69) is 10.3 Å². The molecule has 28 heavy (non-hydrogen) atoms.